The minimum atomic E-state index is -0.949. The van der Waals surface area contributed by atoms with Gasteiger partial charge in [-0.2, -0.15) is 0 Å². The Bertz CT molecular complexity index is 1180. The van der Waals surface area contributed by atoms with Crippen molar-refractivity contribution in [3.63, 3.8) is 0 Å². The zero-order valence-electron chi connectivity index (χ0n) is 17.2. The number of ether oxygens (including phenoxy) is 1. The summed E-state index contributed by atoms with van der Waals surface area (Å²) in [4.78, 5) is 20.0. The summed E-state index contributed by atoms with van der Waals surface area (Å²) in [7, 11) is 0. The van der Waals surface area contributed by atoms with Crippen molar-refractivity contribution in [1.29, 1.82) is 0 Å². The van der Waals surface area contributed by atoms with E-state index in [4.69, 9.17) is 10.5 Å². The molecule has 2 heterocycles. The van der Waals surface area contributed by atoms with Crippen LogP contribution >= 0.6 is 0 Å². The number of hydrogen-bond acceptors (Lipinski definition) is 4. The highest BCUT2D eigenvalue weighted by Gasteiger charge is 2.36. The maximum Gasteiger partial charge on any atom is 0.337 e. The van der Waals surface area contributed by atoms with Crippen molar-refractivity contribution in [2.75, 3.05) is 6.61 Å². The van der Waals surface area contributed by atoms with Crippen LogP contribution < -0.4 is 10.5 Å². The van der Waals surface area contributed by atoms with Crippen LogP contribution in [-0.2, 0) is 12.8 Å². The number of aromatic amines is 1. The van der Waals surface area contributed by atoms with Crippen LogP contribution in [0.15, 0.2) is 30.5 Å². The third kappa shape index (κ3) is 3.39. The molecule has 0 radical (unpaired) electrons. The molecule has 2 aromatic heterocycles. The van der Waals surface area contributed by atoms with E-state index < -0.39 is 11.8 Å². The molecule has 4 N–H and O–H groups in total. The maximum atomic E-state index is 14.4. The lowest BCUT2D eigenvalue weighted by atomic mass is 9.88. The summed E-state index contributed by atoms with van der Waals surface area (Å²) in [6.45, 7) is 2.20. The molecule has 160 valence electrons. The number of nitrogens with one attached hydrogen (secondary N) is 1. The molecule has 1 unspecified atom stereocenters. The second kappa shape index (κ2) is 7.50. The standard InChI is InChI=1S/C24H24FN3O3/c1-2-31-19-8-6-13(9-17(19)25)18-10-16-14(11-27-18)5-7-15-20(24(29)30)23(28-22(15)16)21(26)12-3-4-12/h6,8-12,21,28H,2-5,7,26H2,1H3,(H,29,30). The van der Waals surface area contributed by atoms with Crippen molar-refractivity contribution in [2.45, 2.75) is 38.6 Å². The number of benzene rings is 1. The minimum Gasteiger partial charge on any atom is -0.491 e. The Labute approximate surface area is 179 Å². The number of aromatic carboxylic acids is 1. The number of rotatable bonds is 6. The fraction of sp³-hybridized carbons (Fsp3) is 0.333. The van der Waals surface area contributed by atoms with Gasteiger partial charge in [-0.1, -0.05) is 0 Å². The van der Waals surface area contributed by atoms with E-state index in [1.54, 1.807) is 25.3 Å². The normalized spacial score (nSPS) is 15.8. The first-order valence-corrected chi connectivity index (χ1v) is 10.6. The Hall–Kier alpha value is -3.19. The van der Waals surface area contributed by atoms with Crippen LogP contribution in [-0.4, -0.2) is 27.7 Å². The predicted molar refractivity (Wildman–Crippen MR) is 115 cm³/mol. The molecule has 0 bridgehead atoms. The summed E-state index contributed by atoms with van der Waals surface area (Å²) in [5.74, 6) is -0.849. The largest absolute Gasteiger partial charge is 0.491 e. The molecule has 1 atom stereocenters. The van der Waals surface area contributed by atoms with Crippen LogP contribution in [0.4, 0.5) is 4.39 Å². The third-order valence-corrected chi connectivity index (χ3v) is 6.24. The molecule has 5 rings (SSSR count). The summed E-state index contributed by atoms with van der Waals surface area (Å²) in [6.07, 6.45) is 5.17. The van der Waals surface area contributed by atoms with Crippen LogP contribution in [0.5, 0.6) is 5.75 Å². The summed E-state index contributed by atoms with van der Waals surface area (Å²) >= 11 is 0. The highest BCUT2D eigenvalue weighted by atomic mass is 19.1. The molecular weight excluding hydrogens is 397 g/mol. The molecule has 0 amide bonds. The highest BCUT2D eigenvalue weighted by molar-refractivity contribution is 5.95. The molecule has 2 aliphatic rings. The predicted octanol–water partition coefficient (Wildman–Crippen LogP) is 4.49. The molecule has 1 fully saturated rings. The van der Waals surface area contributed by atoms with Gasteiger partial charge in [0.25, 0.3) is 0 Å². The number of hydrogen-bond donors (Lipinski definition) is 3. The number of pyridine rings is 1. The SMILES string of the molecule is CCOc1ccc(-c2cc3c(cn2)CCc2c-3[nH]c(C(N)C3CC3)c2C(=O)O)cc1F. The van der Waals surface area contributed by atoms with E-state index in [1.807, 2.05) is 6.07 Å². The molecule has 2 aliphatic carbocycles. The molecule has 1 saturated carbocycles. The number of aromatic nitrogens is 2. The van der Waals surface area contributed by atoms with Crippen molar-refractivity contribution in [2.24, 2.45) is 11.7 Å². The lowest BCUT2D eigenvalue weighted by Crippen LogP contribution is -2.17. The molecule has 6 nitrogen and oxygen atoms in total. The first-order chi connectivity index (χ1) is 15.0. The van der Waals surface area contributed by atoms with Gasteiger partial charge in [0, 0.05) is 29.1 Å². The Balaban J connectivity index is 1.60. The van der Waals surface area contributed by atoms with Crippen LogP contribution in [0.3, 0.4) is 0 Å². The number of carbonyl (C=O) groups is 1. The number of nitrogens with two attached hydrogens (primary N) is 1. The van der Waals surface area contributed by atoms with Crippen molar-refractivity contribution in [3.8, 4) is 28.3 Å². The molecule has 31 heavy (non-hydrogen) atoms. The summed E-state index contributed by atoms with van der Waals surface area (Å²) in [5, 5.41) is 9.90. The quantitative estimate of drug-likeness (QED) is 0.544. The maximum absolute atomic E-state index is 14.4. The highest BCUT2D eigenvalue weighted by Crippen LogP contribution is 2.44. The van der Waals surface area contributed by atoms with E-state index in [-0.39, 0.29) is 11.8 Å². The molecule has 0 aliphatic heterocycles. The second-order valence-electron chi connectivity index (χ2n) is 8.24. The monoisotopic (exact) mass is 421 g/mol. The van der Waals surface area contributed by atoms with E-state index in [0.717, 1.165) is 35.2 Å². The number of H-pyrrole nitrogens is 1. The van der Waals surface area contributed by atoms with E-state index in [2.05, 4.69) is 9.97 Å². The molecule has 7 heteroatoms. The first kappa shape index (κ1) is 19.8. The average molecular weight is 421 g/mol. The van der Waals surface area contributed by atoms with Crippen LogP contribution in [0.1, 0.15) is 53.0 Å². The van der Waals surface area contributed by atoms with Gasteiger partial charge in [-0.3, -0.25) is 4.98 Å². The van der Waals surface area contributed by atoms with Gasteiger partial charge < -0.3 is 20.6 Å². The van der Waals surface area contributed by atoms with Crippen molar-refractivity contribution in [3.05, 3.63) is 58.7 Å². The average Bonchev–Trinajstić information content (AvgIpc) is 3.53. The molecular formula is C24H24FN3O3. The number of aryl methyl sites for hydroxylation is 1. The van der Waals surface area contributed by atoms with Crippen molar-refractivity contribution < 1.29 is 19.0 Å². The first-order valence-electron chi connectivity index (χ1n) is 10.6. The van der Waals surface area contributed by atoms with E-state index in [1.165, 1.54) is 6.07 Å². The van der Waals surface area contributed by atoms with Gasteiger partial charge in [-0.05, 0) is 73.9 Å². The van der Waals surface area contributed by atoms with Crippen molar-refractivity contribution >= 4 is 5.97 Å². The van der Waals surface area contributed by atoms with Gasteiger partial charge in [0.2, 0.25) is 0 Å². The van der Waals surface area contributed by atoms with Gasteiger partial charge >= 0.3 is 5.97 Å². The molecule has 1 aromatic carbocycles. The summed E-state index contributed by atoms with van der Waals surface area (Å²) in [6, 6.07) is 6.39. The fourth-order valence-electron chi connectivity index (χ4n) is 4.49. The van der Waals surface area contributed by atoms with E-state index >= 15 is 0 Å². The summed E-state index contributed by atoms with van der Waals surface area (Å²) in [5.41, 5.74) is 12.1. The molecule has 3 aromatic rings. The topological polar surface area (TPSA) is 101 Å². The van der Waals surface area contributed by atoms with Gasteiger partial charge in [0.05, 0.1) is 23.6 Å². The summed E-state index contributed by atoms with van der Waals surface area (Å²) < 4.78 is 19.7. The Kier molecular flexibility index (Phi) is 4.78. The van der Waals surface area contributed by atoms with Crippen LogP contribution in [0.25, 0.3) is 22.5 Å². The number of carboxylic acids is 1. The third-order valence-electron chi connectivity index (χ3n) is 6.24. The molecule has 0 saturated heterocycles. The Morgan fingerprint density at radius 1 is 1.35 bits per heavy atom. The number of fused-ring (bicyclic) bond motifs is 3. The van der Waals surface area contributed by atoms with Crippen molar-refractivity contribution in [1.82, 2.24) is 9.97 Å². The minimum absolute atomic E-state index is 0.209. The second-order valence-corrected chi connectivity index (χ2v) is 8.24. The van der Waals surface area contributed by atoms with Crippen LogP contribution in [0.2, 0.25) is 0 Å². The van der Waals surface area contributed by atoms with Gasteiger partial charge in [-0.25, -0.2) is 9.18 Å². The number of halogens is 1. The van der Waals surface area contributed by atoms with Gasteiger partial charge in [-0.15, -0.1) is 0 Å². The fourth-order valence-corrected chi connectivity index (χ4v) is 4.49. The zero-order chi connectivity index (χ0) is 21.7. The van der Waals surface area contributed by atoms with E-state index in [9.17, 15) is 14.3 Å². The number of nitrogens with zero attached hydrogens (tertiary/aromatic N) is 1. The zero-order valence-corrected chi connectivity index (χ0v) is 17.2. The Morgan fingerprint density at radius 3 is 2.84 bits per heavy atom. The smallest absolute Gasteiger partial charge is 0.337 e. The molecule has 0 spiro atoms. The number of carboxylic acid groups (broad SMARTS) is 1. The van der Waals surface area contributed by atoms with E-state index in [0.29, 0.717) is 47.9 Å². The lowest BCUT2D eigenvalue weighted by molar-refractivity contribution is 0.0694. The Morgan fingerprint density at radius 2 is 2.16 bits per heavy atom. The van der Waals surface area contributed by atoms with Gasteiger partial charge in [0.1, 0.15) is 0 Å². The van der Waals surface area contributed by atoms with Gasteiger partial charge in [0.15, 0.2) is 11.6 Å². The van der Waals surface area contributed by atoms with Crippen LogP contribution in [0, 0.1) is 11.7 Å². The lowest BCUT2D eigenvalue weighted by Gasteiger charge is -2.17.